The van der Waals surface area contributed by atoms with Crippen molar-refractivity contribution >= 4 is 99.3 Å². The van der Waals surface area contributed by atoms with Crippen molar-refractivity contribution in [2.75, 3.05) is 0 Å². The number of benzene rings is 9. The largest absolute Gasteiger partial charge is 0.256 e. The lowest BCUT2D eigenvalue weighted by atomic mass is 9.91. The molecule has 0 bridgehead atoms. The molecule has 9 aromatic carbocycles. The van der Waals surface area contributed by atoms with Gasteiger partial charge in [0.25, 0.3) is 0 Å². The summed E-state index contributed by atoms with van der Waals surface area (Å²) in [5.41, 5.74) is 7.91. The molecule has 0 saturated carbocycles. The Morgan fingerprint density at radius 1 is 0.303 bits per heavy atom. The van der Waals surface area contributed by atoms with Crippen LogP contribution >= 0.6 is 23.5 Å². The summed E-state index contributed by atoms with van der Waals surface area (Å²) in [5, 5.41) is 14.3. The zero-order chi connectivity index (χ0) is 43.8. The standard InChI is InChI=1S/C32H20N2S.C28H18N2S/c1-2-9-22(10-3-1)30-24-12-4-5-13-25(24)32(31-26-14-6-7-15-28(26)34-20-27(30)31)35-23-17-16-21-11-8-18-33-29(21)19-23;1-2-10-19(11-3-1)26-20-12-4-5-13-21(20)28(31-25-16-8-9-17-29-25)27-22-14-6-7-15-24(22)30-18-23(26)27/h1-20H;1-18H. The first-order valence-corrected chi connectivity index (χ1v) is 23.6. The van der Waals surface area contributed by atoms with Gasteiger partial charge in [0.05, 0.1) is 16.6 Å². The Morgan fingerprint density at radius 2 is 0.788 bits per heavy atom. The molecule has 6 heteroatoms. The van der Waals surface area contributed by atoms with Crippen LogP contribution in [0.5, 0.6) is 0 Å². The van der Waals surface area contributed by atoms with Crippen molar-refractivity contribution < 1.29 is 0 Å². The summed E-state index contributed by atoms with van der Waals surface area (Å²) in [7, 11) is 0. The minimum Gasteiger partial charge on any atom is -0.256 e. The summed E-state index contributed by atoms with van der Waals surface area (Å²) < 4.78 is 0. The van der Waals surface area contributed by atoms with Crippen LogP contribution in [-0.4, -0.2) is 19.9 Å². The molecule has 0 spiro atoms. The van der Waals surface area contributed by atoms with Crippen molar-refractivity contribution in [1.29, 1.82) is 0 Å². The number of pyridine rings is 4. The lowest BCUT2D eigenvalue weighted by Crippen LogP contribution is -1.92. The maximum absolute atomic E-state index is 4.87. The first kappa shape index (κ1) is 39.7. The molecule has 310 valence electrons. The average molecular weight is 879 g/mol. The highest BCUT2D eigenvalue weighted by Gasteiger charge is 2.21. The van der Waals surface area contributed by atoms with Crippen LogP contribution in [-0.2, 0) is 0 Å². The number of para-hydroxylation sites is 2. The zero-order valence-electron chi connectivity index (χ0n) is 35.5. The van der Waals surface area contributed by atoms with Crippen molar-refractivity contribution in [2.24, 2.45) is 0 Å². The van der Waals surface area contributed by atoms with Crippen LogP contribution in [0.3, 0.4) is 0 Å². The molecule has 13 aromatic rings. The van der Waals surface area contributed by atoms with E-state index in [1.807, 2.05) is 54.6 Å². The molecule has 0 N–H and O–H groups in total. The van der Waals surface area contributed by atoms with Crippen LogP contribution in [0.15, 0.2) is 251 Å². The van der Waals surface area contributed by atoms with E-state index >= 15 is 0 Å². The first-order chi connectivity index (χ1) is 32.8. The van der Waals surface area contributed by atoms with E-state index in [1.165, 1.54) is 90.8 Å². The predicted molar refractivity (Wildman–Crippen MR) is 279 cm³/mol. The Hall–Kier alpha value is -7.90. The molecular weight excluding hydrogens is 841 g/mol. The molecule has 0 radical (unpaired) electrons. The van der Waals surface area contributed by atoms with Gasteiger partial charge in [0.2, 0.25) is 0 Å². The number of rotatable bonds is 6. The molecule has 0 saturated heterocycles. The number of aromatic nitrogens is 4. The van der Waals surface area contributed by atoms with E-state index in [2.05, 4.69) is 198 Å². The monoisotopic (exact) mass is 878 g/mol. The number of hydrogen-bond donors (Lipinski definition) is 0. The molecule has 0 aliphatic heterocycles. The maximum atomic E-state index is 4.87. The minimum absolute atomic E-state index is 0.988. The van der Waals surface area contributed by atoms with Crippen LogP contribution in [0.4, 0.5) is 0 Å². The quantitative estimate of drug-likeness (QED) is 0.123. The van der Waals surface area contributed by atoms with Crippen molar-refractivity contribution in [3.63, 3.8) is 0 Å². The molecule has 0 fully saturated rings. The fourth-order valence-corrected chi connectivity index (χ4v) is 11.5. The highest BCUT2D eigenvalue weighted by Crippen LogP contribution is 2.49. The minimum atomic E-state index is 0.988. The number of hydrogen-bond acceptors (Lipinski definition) is 6. The van der Waals surface area contributed by atoms with Gasteiger partial charge in [0.1, 0.15) is 5.03 Å². The molecule has 0 amide bonds. The Labute approximate surface area is 390 Å². The van der Waals surface area contributed by atoms with Gasteiger partial charge in [-0.2, -0.15) is 0 Å². The van der Waals surface area contributed by atoms with Crippen molar-refractivity contribution in [2.45, 2.75) is 19.7 Å². The van der Waals surface area contributed by atoms with E-state index in [9.17, 15) is 0 Å². The van der Waals surface area contributed by atoms with Gasteiger partial charge in [-0.1, -0.05) is 187 Å². The molecule has 4 aromatic heterocycles. The lowest BCUT2D eigenvalue weighted by molar-refractivity contribution is 1.14. The third-order valence-electron chi connectivity index (χ3n) is 12.2. The highest BCUT2D eigenvalue weighted by atomic mass is 32.2. The molecule has 66 heavy (non-hydrogen) atoms. The van der Waals surface area contributed by atoms with Crippen LogP contribution < -0.4 is 0 Å². The summed E-state index contributed by atoms with van der Waals surface area (Å²) in [6.45, 7) is 0. The Bertz CT molecular complexity index is 3940. The topological polar surface area (TPSA) is 51.6 Å². The summed E-state index contributed by atoms with van der Waals surface area (Å²) >= 11 is 3.54. The Morgan fingerprint density at radius 3 is 1.35 bits per heavy atom. The molecule has 0 aliphatic rings. The number of nitrogens with zero attached hydrogens (tertiary/aromatic N) is 4. The first-order valence-electron chi connectivity index (χ1n) is 21.9. The molecular formula is C60H38N4S2. The van der Waals surface area contributed by atoms with Gasteiger partial charge in [-0.3, -0.25) is 15.0 Å². The summed E-state index contributed by atoms with van der Waals surface area (Å²) in [6.07, 6.45) is 7.80. The summed E-state index contributed by atoms with van der Waals surface area (Å²) in [6, 6.07) is 72.3. The summed E-state index contributed by atoms with van der Waals surface area (Å²) in [4.78, 5) is 22.5. The Balaban J connectivity index is 0.000000139. The summed E-state index contributed by atoms with van der Waals surface area (Å²) in [5.74, 6) is 0. The van der Waals surface area contributed by atoms with E-state index in [4.69, 9.17) is 9.97 Å². The van der Waals surface area contributed by atoms with Crippen LogP contribution in [0.2, 0.25) is 0 Å². The van der Waals surface area contributed by atoms with E-state index < -0.39 is 0 Å². The molecule has 0 aliphatic carbocycles. The van der Waals surface area contributed by atoms with Gasteiger partial charge in [0, 0.05) is 77.2 Å². The molecule has 4 nitrogen and oxygen atoms in total. The van der Waals surface area contributed by atoms with Crippen molar-refractivity contribution in [1.82, 2.24) is 19.9 Å². The highest BCUT2D eigenvalue weighted by molar-refractivity contribution is 8.00. The Kier molecular flexibility index (Phi) is 10.4. The van der Waals surface area contributed by atoms with E-state index in [0.29, 0.717) is 0 Å². The average Bonchev–Trinajstić information content (AvgIpc) is 3.39. The van der Waals surface area contributed by atoms with Gasteiger partial charge < -0.3 is 0 Å². The second kappa shape index (κ2) is 17.2. The van der Waals surface area contributed by atoms with Crippen LogP contribution in [0.25, 0.3) is 98.1 Å². The van der Waals surface area contributed by atoms with E-state index in [-0.39, 0.29) is 0 Å². The second-order valence-corrected chi connectivity index (χ2v) is 18.2. The lowest BCUT2D eigenvalue weighted by Gasteiger charge is -2.18. The van der Waals surface area contributed by atoms with E-state index in [0.717, 1.165) is 27.0 Å². The van der Waals surface area contributed by atoms with Gasteiger partial charge in [-0.15, -0.1) is 0 Å². The third-order valence-corrected chi connectivity index (χ3v) is 14.4. The van der Waals surface area contributed by atoms with E-state index in [1.54, 1.807) is 11.8 Å². The van der Waals surface area contributed by atoms with Crippen molar-refractivity contribution in [3.8, 4) is 22.3 Å². The fourth-order valence-electron chi connectivity index (χ4n) is 9.29. The second-order valence-electron chi connectivity index (χ2n) is 16.1. The van der Waals surface area contributed by atoms with Crippen LogP contribution in [0.1, 0.15) is 0 Å². The molecule has 13 rings (SSSR count). The molecule has 0 unspecified atom stereocenters. The SMILES string of the molecule is c1ccc(-c2c3ccccc3c(Sc3ccc4cccnc4c3)c3c2cnc2ccccc23)cc1.c1ccc(-c2c3ccccc3c(Sc3ccccn3)c3c2cnc2ccccc23)cc1. The zero-order valence-corrected chi connectivity index (χ0v) is 37.2. The third kappa shape index (κ3) is 7.17. The molecule has 4 heterocycles. The van der Waals surface area contributed by atoms with Crippen LogP contribution in [0, 0.1) is 0 Å². The smallest absolute Gasteiger partial charge is 0.101 e. The van der Waals surface area contributed by atoms with Gasteiger partial charge >= 0.3 is 0 Å². The molecule has 0 atom stereocenters. The van der Waals surface area contributed by atoms with Crippen molar-refractivity contribution in [3.05, 3.63) is 231 Å². The normalized spacial score (nSPS) is 11.5. The van der Waals surface area contributed by atoms with Gasteiger partial charge in [-0.05, 0) is 86.3 Å². The number of fused-ring (bicyclic) bond motifs is 9. The fraction of sp³-hybridized carbons (Fsp3) is 0. The van der Waals surface area contributed by atoms with Gasteiger partial charge in [0.15, 0.2) is 0 Å². The predicted octanol–water partition coefficient (Wildman–Crippen LogP) is 16.7. The van der Waals surface area contributed by atoms with Gasteiger partial charge in [-0.25, -0.2) is 4.98 Å². The maximum Gasteiger partial charge on any atom is 0.101 e.